The van der Waals surface area contributed by atoms with Crippen LogP contribution in [0.1, 0.15) is 0 Å². The van der Waals surface area contributed by atoms with E-state index in [1.54, 1.807) is 16.9 Å². The van der Waals surface area contributed by atoms with Crippen LogP contribution in [0.2, 0.25) is 0 Å². The lowest BCUT2D eigenvalue weighted by Gasteiger charge is -2.03. The zero-order chi connectivity index (χ0) is 6.97. The average molecular weight is 135 g/mol. The molecule has 0 aliphatic carbocycles. The van der Waals surface area contributed by atoms with Gasteiger partial charge in [-0.1, -0.05) is 0 Å². The minimum atomic E-state index is -0.00352. The number of hydrogen-bond donors (Lipinski definition) is 0. The first-order chi connectivity index (χ1) is 4.86. The summed E-state index contributed by atoms with van der Waals surface area (Å²) in [6.45, 7) is 0.325. The molecule has 2 rings (SSSR count). The van der Waals surface area contributed by atoms with Crippen molar-refractivity contribution in [3.63, 3.8) is 0 Å². The van der Waals surface area contributed by atoms with E-state index in [0.29, 0.717) is 6.54 Å². The molecule has 1 aromatic heterocycles. The van der Waals surface area contributed by atoms with E-state index < -0.39 is 0 Å². The highest BCUT2D eigenvalue weighted by Gasteiger charge is 2.09. The first-order valence-corrected chi connectivity index (χ1v) is 2.95. The molecule has 4 heteroatoms. The third-order valence-corrected chi connectivity index (χ3v) is 1.34. The summed E-state index contributed by atoms with van der Waals surface area (Å²) in [5, 5.41) is 3.89. The first kappa shape index (κ1) is 5.34. The Labute approximate surface area is 57.2 Å². The van der Waals surface area contributed by atoms with Gasteiger partial charge in [0, 0.05) is 6.07 Å². The standard InChI is InChI=1S/C6H5N3O/c10-5-3-7-6-1-2-8-9(6)4-5/h1-3H,4H2. The van der Waals surface area contributed by atoms with Crippen molar-refractivity contribution >= 4 is 17.8 Å². The van der Waals surface area contributed by atoms with Gasteiger partial charge in [0.15, 0.2) is 11.6 Å². The molecule has 0 spiro atoms. The van der Waals surface area contributed by atoms with Crippen molar-refractivity contribution in [1.29, 1.82) is 0 Å². The largest absolute Gasteiger partial charge is 0.291 e. The van der Waals surface area contributed by atoms with Crippen LogP contribution >= 0.6 is 0 Å². The summed E-state index contributed by atoms with van der Waals surface area (Å²) in [4.78, 5) is 14.6. The molecule has 0 radical (unpaired) electrons. The van der Waals surface area contributed by atoms with Crippen LogP contribution in [0.15, 0.2) is 17.3 Å². The fraction of sp³-hybridized carbons (Fsp3) is 0.167. The Bertz CT molecular complexity index is 300. The number of rotatable bonds is 0. The minimum absolute atomic E-state index is 0.00352. The van der Waals surface area contributed by atoms with Gasteiger partial charge in [-0.25, -0.2) is 9.67 Å². The molecule has 0 fully saturated rings. The van der Waals surface area contributed by atoms with Gasteiger partial charge < -0.3 is 0 Å². The molecule has 0 saturated carbocycles. The van der Waals surface area contributed by atoms with E-state index in [1.807, 2.05) is 0 Å². The number of fused-ring (bicyclic) bond motifs is 1. The topological polar surface area (TPSA) is 47.2 Å². The van der Waals surface area contributed by atoms with E-state index >= 15 is 0 Å². The summed E-state index contributed by atoms with van der Waals surface area (Å²) in [7, 11) is 0. The van der Waals surface area contributed by atoms with Crippen LogP contribution in [-0.2, 0) is 11.3 Å². The predicted octanol–water partition coefficient (Wildman–Crippen LogP) is 0.168. The number of carbonyl (C=O) groups is 1. The second-order valence-corrected chi connectivity index (χ2v) is 2.07. The SMILES string of the molecule is O=C1C=Nc2ccnn2C1. The maximum absolute atomic E-state index is 10.7. The molecule has 1 aliphatic heterocycles. The van der Waals surface area contributed by atoms with Crippen molar-refractivity contribution in [2.24, 2.45) is 4.99 Å². The Balaban J connectivity index is 2.52. The van der Waals surface area contributed by atoms with Crippen LogP contribution in [0.3, 0.4) is 0 Å². The minimum Gasteiger partial charge on any atom is -0.291 e. The smallest absolute Gasteiger partial charge is 0.195 e. The van der Waals surface area contributed by atoms with Gasteiger partial charge in [0.2, 0.25) is 0 Å². The maximum Gasteiger partial charge on any atom is 0.195 e. The van der Waals surface area contributed by atoms with Gasteiger partial charge in [-0.05, 0) is 0 Å². The normalized spacial score (nSPS) is 15.4. The van der Waals surface area contributed by atoms with Crippen molar-refractivity contribution < 1.29 is 4.79 Å². The van der Waals surface area contributed by atoms with Crippen molar-refractivity contribution in [2.75, 3.05) is 0 Å². The molecular formula is C6H5N3O. The molecule has 2 heterocycles. The molecule has 50 valence electrons. The van der Waals surface area contributed by atoms with E-state index in [2.05, 4.69) is 10.1 Å². The number of Topliss-reactive ketones (excluding diaryl/α,β-unsaturated/α-hetero) is 1. The van der Waals surface area contributed by atoms with Crippen LogP contribution in [0, 0.1) is 0 Å². The fourth-order valence-electron chi connectivity index (χ4n) is 0.884. The van der Waals surface area contributed by atoms with Crippen LogP contribution in [0.4, 0.5) is 5.82 Å². The number of aliphatic imine (C=N–C) groups is 1. The fourth-order valence-corrected chi connectivity index (χ4v) is 0.884. The zero-order valence-corrected chi connectivity index (χ0v) is 5.19. The van der Waals surface area contributed by atoms with Gasteiger partial charge in [0.1, 0.15) is 6.54 Å². The van der Waals surface area contributed by atoms with Crippen molar-refractivity contribution in [3.8, 4) is 0 Å². The molecule has 0 N–H and O–H groups in total. The van der Waals surface area contributed by atoms with Gasteiger partial charge in [0.25, 0.3) is 0 Å². The molecule has 0 atom stereocenters. The first-order valence-electron chi connectivity index (χ1n) is 2.95. The maximum atomic E-state index is 10.7. The van der Waals surface area contributed by atoms with Gasteiger partial charge in [-0.2, -0.15) is 5.10 Å². The van der Waals surface area contributed by atoms with E-state index in [-0.39, 0.29) is 5.78 Å². The van der Waals surface area contributed by atoms with E-state index in [0.717, 1.165) is 5.82 Å². The molecule has 0 aromatic carbocycles. The predicted molar refractivity (Wildman–Crippen MR) is 35.4 cm³/mol. The molecule has 0 saturated heterocycles. The Morgan fingerprint density at radius 1 is 1.60 bits per heavy atom. The Morgan fingerprint density at radius 3 is 3.40 bits per heavy atom. The van der Waals surface area contributed by atoms with Gasteiger partial charge in [-0.3, -0.25) is 4.79 Å². The molecular weight excluding hydrogens is 130 g/mol. The highest BCUT2D eigenvalue weighted by Crippen LogP contribution is 2.12. The van der Waals surface area contributed by atoms with Crippen molar-refractivity contribution in [1.82, 2.24) is 9.78 Å². The van der Waals surface area contributed by atoms with Gasteiger partial charge in [0.05, 0.1) is 12.4 Å². The van der Waals surface area contributed by atoms with E-state index in [4.69, 9.17) is 0 Å². The highest BCUT2D eigenvalue weighted by molar-refractivity contribution is 6.28. The number of hydrogen-bond acceptors (Lipinski definition) is 3. The summed E-state index contributed by atoms with van der Waals surface area (Å²) < 4.78 is 1.57. The summed E-state index contributed by atoms with van der Waals surface area (Å²) in [6, 6.07) is 1.77. The quantitative estimate of drug-likeness (QED) is 0.509. The van der Waals surface area contributed by atoms with E-state index in [1.165, 1.54) is 6.21 Å². The summed E-state index contributed by atoms with van der Waals surface area (Å²) in [5.74, 6) is 0.746. The van der Waals surface area contributed by atoms with Crippen LogP contribution < -0.4 is 0 Å². The number of nitrogens with zero attached hydrogens (tertiary/aromatic N) is 3. The van der Waals surface area contributed by atoms with Gasteiger partial charge >= 0.3 is 0 Å². The van der Waals surface area contributed by atoms with Crippen LogP contribution in [0.25, 0.3) is 0 Å². The van der Waals surface area contributed by atoms with Gasteiger partial charge in [-0.15, -0.1) is 0 Å². The molecule has 4 nitrogen and oxygen atoms in total. The molecule has 1 aliphatic rings. The highest BCUT2D eigenvalue weighted by atomic mass is 16.1. The van der Waals surface area contributed by atoms with E-state index in [9.17, 15) is 4.79 Å². The lowest BCUT2D eigenvalue weighted by Crippen LogP contribution is -2.15. The molecule has 0 amide bonds. The third kappa shape index (κ3) is 0.655. The summed E-state index contributed by atoms with van der Waals surface area (Å²) in [5.41, 5.74) is 0. The lowest BCUT2D eigenvalue weighted by molar-refractivity contribution is -0.113. The second kappa shape index (κ2) is 1.76. The average Bonchev–Trinajstić information content (AvgIpc) is 2.33. The molecule has 1 aromatic rings. The van der Waals surface area contributed by atoms with Crippen molar-refractivity contribution in [2.45, 2.75) is 6.54 Å². The zero-order valence-electron chi connectivity index (χ0n) is 5.19. The van der Waals surface area contributed by atoms with Crippen LogP contribution in [-0.4, -0.2) is 21.8 Å². The summed E-state index contributed by atoms with van der Waals surface area (Å²) in [6.07, 6.45) is 2.96. The number of ketones is 1. The molecule has 0 unspecified atom stereocenters. The molecule has 10 heavy (non-hydrogen) atoms. The second-order valence-electron chi connectivity index (χ2n) is 2.07. The Hall–Kier alpha value is -1.45. The van der Waals surface area contributed by atoms with Crippen LogP contribution in [0.5, 0.6) is 0 Å². The Kier molecular flexibility index (Phi) is 0.943. The molecule has 0 bridgehead atoms. The number of aromatic nitrogens is 2. The summed E-state index contributed by atoms with van der Waals surface area (Å²) >= 11 is 0. The monoisotopic (exact) mass is 135 g/mol. The lowest BCUT2D eigenvalue weighted by atomic mass is 10.4. The van der Waals surface area contributed by atoms with Crippen molar-refractivity contribution in [3.05, 3.63) is 12.3 Å². The Morgan fingerprint density at radius 2 is 2.50 bits per heavy atom. The number of carbonyl (C=O) groups excluding carboxylic acids is 1. The third-order valence-electron chi connectivity index (χ3n) is 1.34.